The first-order chi connectivity index (χ1) is 8.83. The van der Waals surface area contributed by atoms with Crippen molar-refractivity contribution in [2.45, 2.75) is 33.1 Å². The van der Waals surface area contributed by atoms with Crippen molar-refractivity contribution in [1.82, 2.24) is 15.0 Å². The third kappa shape index (κ3) is 3.21. The number of hydrogen-bond acceptors (Lipinski definition) is 6. The molecule has 0 aromatic carbocycles. The number of aromatic nitrogens is 3. The van der Waals surface area contributed by atoms with Crippen molar-refractivity contribution in [3.63, 3.8) is 0 Å². The fraction of sp³-hybridized carbons (Fsp3) is 0.750. The van der Waals surface area contributed by atoms with Gasteiger partial charge >= 0.3 is 6.01 Å². The smallest absolute Gasteiger partial charge is 0.323 e. The Balaban J connectivity index is 2.17. The minimum Gasteiger partial charge on any atom is -0.463 e. The molecule has 0 saturated carbocycles. The van der Waals surface area contributed by atoms with E-state index in [1.165, 1.54) is 12.8 Å². The van der Waals surface area contributed by atoms with E-state index >= 15 is 0 Å². The van der Waals surface area contributed by atoms with Crippen LogP contribution < -0.4 is 15.0 Å². The first-order valence-corrected chi connectivity index (χ1v) is 6.71. The van der Waals surface area contributed by atoms with Crippen LogP contribution in [0.5, 0.6) is 6.01 Å². The van der Waals surface area contributed by atoms with Gasteiger partial charge in [0.15, 0.2) is 0 Å². The van der Waals surface area contributed by atoms with Gasteiger partial charge in [0.05, 0.1) is 6.61 Å². The van der Waals surface area contributed by atoms with Crippen LogP contribution in [0.4, 0.5) is 11.9 Å². The molecule has 6 heteroatoms. The van der Waals surface area contributed by atoms with Crippen molar-refractivity contribution < 1.29 is 4.74 Å². The summed E-state index contributed by atoms with van der Waals surface area (Å²) in [5, 5.41) is 3.12. The van der Waals surface area contributed by atoms with Crippen molar-refractivity contribution in [3.05, 3.63) is 0 Å². The Morgan fingerprint density at radius 2 is 1.94 bits per heavy atom. The monoisotopic (exact) mass is 251 g/mol. The normalized spacial score (nSPS) is 14.9. The third-order valence-electron chi connectivity index (χ3n) is 2.76. The molecule has 18 heavy (non-hydrogen) atoms. The van der Waals surface area contributed by atoms with Crippen LogP contribution >= 0.6 is 0 Å². The SMILES string of the molecule is CCCOc1nc(NCC)nc(N2CCCC2)n1. The quantitative estimate of drug-likeness (QED) is 0.830. The molecule has 1 aliphatic rings. The van der Waals surface area contributed by atoms with Crippen LogP contribution in [-0.2, 0) is 0 Å². The fourth-order valence-electron chi connectivity index (χ4n) is 1.90. The molecule has 1 saturated heterocycles. The lowest BCUT2D eigenvalue weighted by Crippen LogP contribution is -2.22. The van der Waals surface area contributed by atoms with Gasteiger partial charge in [-0.3, -0.25) is 0 Å². The van der Waals surface area contributed by atoms with Crippen molar-refractivity contribution >= 4 is 11.9 Å². The Hall–Kier alpha value is -1.59. The molecule has 2 rings (SSSR count). The Labute approximate surface area is 108 Å². The van der Waals surface area contributed by atoms with Crippen molar-refractivity contribution in [3.8, 4) is 6.01 Å². The zero-order valence-electron chi connectivity index (χ0n) is 11.1. The summed E-state index contributed by atoms with van der Waals surface area (Å²) in [6.45, 7) is 7.54. The highest BCUT2D eigenvalue weighted by atomic mass is 16.5. The molecule has 1 fully saturated rings. The number of anilines is 2. The first-order valence-electron chi connectivity index (χ1n) is 6.71. The minimum absolute atomic E-state index is 0.421. The predicted octanol–water partition coefficient (Wildman–Crippen LogP) is 1.69. The van der Waals surface area contributed by atoms with Gasteiger partial charge in [0.25, 0.3) is 0 Å². The molecular weight excluding hydrogens is 230 g/mol. The molecule has 0 atom stereocenters. The van der Waals surface area contributed by atoms with Crippen LogP contribution in [0, 0.1) is 0 Å². The minimum atomic E-state index is 0.421. The van der Waals surface area contributed by atoms with Gasteiger partial charge in [-0.05, 0) is 26.2 Å². The van der Waals surface area contributed by atoms with Crippen molar-refractivity contribution in [2.75, 3.05) is 36.5 Å². The van der Waals surface area contributed by atoms with Gasteiger partial charge in [0.1, 0.15) is 0 Å². The Morgan fingerprint density at radius 1 is 1.17 bits per heavy atom. The van der Waals surface area contributed by atoms with Crippen molar-refractivity contribution in [2.24, 2.45) is 0 Å². The average molecular weight is 251 g/mol. The van der Waals surface area contributed by atoms with Gasteiger partial charge in [-0.2, -0.15) is 15.0 Å². The van der Waals surface area contributed by atoms with Crippen LogP contribution in [0.2, 0.25) is 0 Å². The van der Waals surface area contributed by atoms with Gasteiger partial charge in [-0.1, -0.05) is 6.92 Å². The van der Waals surface area contributed by atoms with Gasteiger partial charge in [0.2, 0.25) is 11.9 Å². The van der Waals surface area contributed by atoms with Crippen LogP contribution in [0.1, 0.15) is 33.1 Å². The van der Waals surface area contributed by atoms with Gasteiger partial charge in [-0.25, -0.2) is 0 Å². The third-order valence-corrected chi connectivity index (χ3v) is 2.76. The number of ether oxygens (including phenoxy) is 1. The van der Waals surface area contributed by atoms with Crippen LogP contribution in [0.15, 0.2) is 0 Å². The number of rotatable bonds is 6. The molecule has 1 aromatic rings. The summed E-state index contributed by atoms with van der Waals surface area (Å²) in [4.78, 5) is 15.2. The molecule has 2 heterocycles. The summed E-state index contributed by atoms with van der Waals surface area (Å²) >= 11 is 0. The van der Waals surface area contributed by atoms with E-state index in [0.29, 0.717) is 18.6 Å². The molecule has 0 bridgehead atoms. The van der Waals surface area contributed by atoms with Crippen LogP contribution in [-0.4, -0.2) is 41.2 Å². The van der Waals surface area contributed by atoms with Crippen molar-refractivity contribution in [1.29, 1.82) is 0 Å². The molecular formula is C12H21N5O. The Bertz CT molecular complexity index is 379. The predicted molar refractivity (Wildman–Crippen MR) is 71.2 cm³/mol. The summed E-state index contributed by atoms with van der Waals surface area (Å²) in [6.07, 6.45) is 3.35. The molecule has 1 aliphatic heterocycles. The second-order valence-electron chi connectivity index (χ2n) is 4.31. The second kappa shape index (κ2) is 6.37. The molecule has 0 amide bonds. The molecule has 6 nitrogen and oxygen atoms in total. The van der Waals surface area contributed by atoms with E-state index in [4.69, 9.17) is 4.74 Å². The molecule has 0 aliphatic carbocycles. The Kier molecular flexibility index (Phi) is 4.55. The Morgan fingerprint density at radius 3 is 2.61 bits per heavy atom. The maximum Gasteiger partial charge on any atom is 0.323 e. The topological polar surface area (TPSA) is 63.2 Å². The molecule has 1 aromatic heterocycles. The first kappa shape index (κ1) is 12.9. The maximum atomic E-state index is 5.51. The van der Waals surface area contributed by atoms with Crippen LogP contribution in [0.3, 0.4) is 0 Å². The maximum absolute atomic E-state index is 5.51. The summed E-state index contributed by atoms with van der Waals surface area (Å²) < 4.78 is 5.51. The molecule has 100 valence electrons. The molecule has 0 radical (unpaired) electrons. The number of nitrogens with zero attached hydrogens (tertiary/aromatic N) is 4. The summed E-state index contributed by atoms with van der Waals surface area (Å²) in [7, 11) is 0. The number of hydrogen-bond donors (Lipinski definition) is 1. The van der Waals surface area contributed by atoms with E-state index in [-0.39, 0.29) is 0 Å². The second-order valence-corrected chi connectivity index (χ2v) is 4.31. The molecule has 0 unspecified atom stereocenters. The van der Waals surface area contributed by atoms with Gasteiger partial charge in [0, 0.05) is 19.6 Å². The zero-order valence-corrected chi connectivity index (χ0v) is 11.1. The highest BCUT2D eigenvalue weighted by Crippen LogP contribution is 2.19. The molecule has 0 spiro atoms. The number of nitrogens with one attached hydrogen (secondary N) is 1. The van der Waals surface area contributed by atoms with Crippen LogP contribution in [0.25, 0.3) is 0 Å². The van der Waals surface area contributed by atoms with E-state index in [1.807, 2.05) is 6.92 Å². The highest BCUT2D eigenvalue weighted by molar-refractivity contribution is 5.39. The van der Waals surface area contributed by atoms with E-state index in [2.05, 4.69) is 32.1 Å². The summed E-state index contributed by atoms with van der Waals surface area (Å²) in [6, 6.07) is 0.421. The summed E-state index contributed by atoms with van der Waals surface area (Å²) in [5.41, 5.74) is 0. The van der Waals surface area contributed by atoms with E-state index in [0.717, 1.165) is 32.0 Å². The van der Waals surface area contributed by atoms with Gasteiger partial charge < -0.3 is 15.0 Å². The zero-order chi connectivity index (χ0) is 12.8. The van der Waals surface area contributed by atoms with Gasteiger partial charge in [-0.15, -0.1) is 0 Å². The van der Waals surface area contributed by atoms with E-state index < -0.39 is 0 Å². The summed E-state index contributed by atoms with van der Waals surface area (Å²) in [5.74, 6) is 1.32. The molecule has 1 N–H and O–H groups in total. The largest absolute Gasteiger partial charge is 0.463 e. The lowest BCUT2D eigenvalue weighted by molar-refractivity contribution is 0.292. The lowest BCUT2D eigenvalue weighted by atomic mass is 10.4. The fourth-order valence-corrected chi connectivity index (χ4v) is 1.90. The lowest BCUT2D eigenvalue weighted by Gasteiger charge is -2.16. The van der Waals surface area contributed by atoms with E-state index in [9.17, 15) is 0 Å². The standard InChI is InChI=1S/C12H21N5O/c1-3-9-18-12-15-10(13-4-2)14-11(16-12)17-7-5-6-8-17/h3-9H2,1-2H3,(H,13,14,15,16). The average Bonchev–Trinajstić information content (AvgIpc) is 2.90. The highest BCUT2D eigenvalue weighted by Gasteiger charge is 2.17. The van der Waals surface area contributed by atoms with E-state index in [1.54, 1.807) is 0 Å².